The van der Waals surface area contributed by atoms with E-state index in [9.17, 15) is 9.59 Å². The van der Waals surface area contributed by atoms with E-state index in [-0.39, 0.29) is 18.4 Å². The Hall–Kier alpha value is -1.69. The Labute approximate surface area is 151 Å². The highest BCUT2D eigenvalue weighted by atomic mass is 16.2. The highest BCUT2D eigenvalue weighted by Gasteiger charge is 2.26. The molecular weight excluding hydrogens is 316 g/mol. The number of likely N-dealkylation sites (N-methyl/N-ethyl adjacent to an activating group) is 2. The van der Waals surface area contributed by atoms with E-state index in [2.05, 4.69) is 34.5 Å². The van der Waals surface area contributed by atoms with Crippen molar-refractivity contribution in [1.29, 1.82) is 0 Å². The Bertz CT molecular complexity index is 550. The van der Waals surface area contributed by atoms with Gasteiger partial charge in [-0.25, -0.2) is 0 Å². The van der Waals surface area contributed by atoms with Crippen molar-refractivity contribution in [2.24, 2.45) is 10.9 Å². The molecule has 0 saturated heterocycles. The number of hydrogen-bond donors (Lipinski definition) is 2. The molecule has 1 aliphatic heterocycles. The maximum atomic E-state index is 12.5. The second-order valence-corrected chi connectivity index (χ2v) is 7.24. The third-order valence-corrected chi connectivity index (χ3v) is 4.82. The summed E-state index contributed by atoms with van der Waals surface area (Å²) >= 11 is 0. The molecule has 2 aliphatic rings. The molecule has 1 fully saturated rings. The predicted octanol–water partition coefficient (Wildman–Crippen LogP) is 1.87. The smallest absolute Gasteiger partial charge is 0.270 e. The van der Waals surface area contributed by atoms with E-state index in [4.69, 9.17) is 0 Å². The minimum Gasteiger partial charge on any atom is -0.358 e. The average Bonchev–Trinajstić information content (AvgIpc) is 3.35. The first-order valence-electron chi connectivity index (χ1n) is 9.49. The lowest BCUT2D eigenvalue weighted by molar-refractivity contribution is -0.124. The van der Waals surface area contributed by atoms with Gasteiger partial charge >= 0.3 is 0 Å². The van der Waals surface area contributed by atoms with Crippen LogP contribution in [-0.2, 0) is 9.59 Å². The molecule has 0 bridgehead atoms. The molecule has 0 aromatic heterocycles. The van der Waals surface area contributed by atoms with Crippen molar-refractivity contribution in [3.8, 4) is 0 Å². The zero-order valence-corrected chi connectivity index (χ0v) is 15.9. The predicted molar refractivity (Wildman–Crippen MR) is 101 cm³/mol. The monoisotopic (exact) mass is 348 g/mol. The quantitative estimate of drug-likeness (QED) is 0.599. The van der Waals surface area contributed by atoms with Crippen molar-refractivity contribution in [2.45, 2.75) is 51.9 Å². The number of carbonyl (C=O) groups excluding carboxylic acids is 2. The van der Waals surface area contributed by atoms with E-state index in [1.807, 2.05) is 0 Å². The lowest BCUT2D eigenvalue weighted by Crippen LogP contribution is -2.36. The van der Waals surface area contributed by atoms with Crippen molar-refractivity contribution >= 4 is 17.5 Å². The van der Waals surface area contributed by atoms with Gasteiger partial charge in [0.1, 0.15) is 5.70 Å². The Morgan fingerprint density at radius 3 is 2.72 bits per heavy atom. The Morgan fingerprint density at radius 1 is 1.32 bits per heavy atom. The van der Waals surface area contributed by atoms with E-state index in [0.29, 0.717) is 5.70 Å². The van der Waals surface area contributed by atoms with Crippen LogP contribution < -0.4 is 10.6 Å². The number of nitrogens with one attached hydrogen (secondary N) is 2. The van der Waals surface area contributed by atoms with Crippen LogP contribution in [0, 0.1) is 5.92 Å². The van der Waals surface area contributed by atoms with Crippen molar-refractivity contribution < 1.29 is 9.59 Å². The van der Waals surface area contributed by atoms with E-state index in [1.54, 1.807) is 7.05 Å². The maximum Gasteiger partial charge on any atom is 0.270 e. The molecule has 1 aliphatic carbocycles. The molecular formula is C19H32N4O2. The van der Waals surface area contributed by atoms with Gasteiger partial charge in [0.2, 0.25) is 5.91 Å². The molecule has 6 nitrogen and oxygen atoms in total. The Kier molecular flexibility index (Phi) is 7.62. The largest absolute Gasteiger partial charge is 0.358 e. The van der Waals surface area contributed by atoms with Gasteiger partial charge < -0.3 is 15.5 Å². The molecule has 0 atom stereocenters. The number of rotatable bonds is 11. The van der Waals surface area contributed by atoms with Crippen molar-refractivity contribution in [3.63, 3.8) is 0 Å². The summed E-state index contributed by atoms with van der Waals surface area (Å²) in [4.78, 5) is 30.8. The first kappa shape index (κ1) is 19.6. The van der Waals surface area contributed by atoms with Gasteiger partial charge in [-0.15, -0.1) is 0 Å². The zero-order valence-electron chi connectivity index (χ0n) is 15.9. The third kappa shape index (κ3) is 6.61. The van der Waals surface area contributed by atoms with Crippen LogP contribution in [-0.4, -0.2) is 56.2 Å². The second-order valence-electron chi connectivity index (χ2n) is 7.24. The highest BCUT2D eigenvalue weighted by molar-refractivity contribution is 6.03. The van der Waals surface area contributed by atoms with Gasteiger partial charge in [0, 0.05) is 25.7 Å². The molecule has 0 radical (unpaired) electrons. The summed E-state index contributed by atoms with van der Waals surface area (Å²) in [6.45, 7) is 3.95. The van der Waals surface area contributed by atoms with E-state index in [0.717, 1.165) is 56.0 Å². The number of carbonyl (C=O) groups is 2. The van der Waals surface area contributed by atoms with Gasteiger partial charge in [0.05, 0.1) is 6.54 Å². The summed E-state index contributed by atoms with van der Waals surface area (Å²) in [5, 5.41) is 5.20. The van der Waals surface area contributed by atoms with E-state index < -0.39 is 0 Å². The summed E-state index contributed by atoms with van der Waals surface area (Å²) in [5.41, 5.74) is 2.73. The minimum absolute atomic E-state index is 0.00921. The first-order chi connectivity index (χ1) is 12.0. The number of unbranched alkanes of at least 4 members (excludes halogenated alkanes) is 1. The molecule has 2 amide bonds. The number of aliphatic imine (C=N–C) groups is 1. The van der Waals surface area contributed by atoms with E-state index in [1.165, 1.54) is 19.3 Å². The van der Waals surface area contributed by atoms with Crippen molar-refractivity contribution in [1.82, 2.24) is 15.5 Å². The minimum atomic E-state index is -0.232. The summed E-state index contributed by atoms with van der Waals surface area (Å²) < 4.78 is 0. The molecule has 1 saturated carbocycles. The van der Waals surface area contributed by atoms with Gasteiger partial charge in [-0.2, -0.15) is 0 Å². The molecule has 1 heterocycles. The number of amides is 2. The van der Waals surface area contributed by atoms with Crippen LogP contribution in [0.1, 0.15) is 51.9 Å². The lowest BCUT2D eigenvalue weighted by atomic mass is 10.0. The molecule has 6 heteroatoms. The van der Waals surface area contributed by atoms with E-state index >= 15 is 0 Å². The van der Waals surface area contributed by atoms with Crippen LogP contribution in [0.5, 0.6) is 0 Å². The fraction of sp³-hybridized carbons (Fsp3) is 0.737. The molecule has 140 valence electrons. The summed E-state index contributed by atoms with van der Waals surface area (Å²) in [5.74, 6) is 0.430. The highest BCUT2D eigenvalue weighted by Crippen LogP contribution is 2.35. The second kappa shape index (κ2) is 9.70. The fourth-order valence-electron chi connectivity index (χ4n) is 3.04. The molecule has 0 unspecified atom stereocenters. The molecule has 2 rings (SSSR count). The average molecular weight is 348 g/mol. The van der Waals surface area contributed by atoms with Crippen molar-refractivity contribution in [3.05, 3.63) is 11.3 Å². The van der Waals surface area contributed by atoms with Crippen LogP contribution in [0.2, 0.25) is 0 Å². The van der Waals surface area contributed by atoms with Gasteiger partial charge in [0.25, 0.3) is 5.91 Å². The van der Waals surface area contributed by atoms with Gasteiger partial charge in [-0.05, 0) is 44.3 Å². The maximum absolute atomic E-state index is 12.5. The molecule has 0 aromatic carbocycles. The number of hydrogen-bond acceptors (Lipinski definition) is 4. The standard InChI is InChI=1S/C19H32N4O2/c1-4-5-10-23(3)13-15-11-16(9-8-14-6-7-14)22-18(15)19(25)21-12-17(24)20-2/h14H,4-13H2,1-3H3,(H,20,24)(H,21,25). The summed E-state index contributed by atoms with van der Waals surface area (Å²) in [7, 11) is 3.65. The third-order valence-electron chi connectivity index (χ3n) is 4.82. The van der Waals surface area contributed by atoms with Crippen LogP contribution in [0.25, 0.3) is 0 Å². The Balaban J connectivity index is 1.98. The summed E-state index contributed by atoms with van der Waals surface area (Å²) in [6, 6.07) is 0. The van der Waals surface area contributed by atoms with Gasteiger partial charge in [-0.1, -0.05) is 26.2 Å². The van der Waals surface area contributed by atoms with Crippen LogP contribution in [0.4, 0.5) is 0 Å². The summed E-state index contributed by atoms with van der Waals surface area (Å²) in [6.07, 6.45) is 7.96. The van der Waals surface area contributed by atoms with Crippen LogP contribution >= 0.6 is 0 Å². The molecule has 0 spiro atoms. The topological polar surface area (TPSA) is 73.8 Å². The normalized spacial score (nSPS) is 17.0. The SMILES string of the molecule is CCCCN(C)CC1=C(C(=O)NCC(=O)NC)N=C(CCC2CC2)C1. The molecule has 25 heavy (non-hydrogen) atoms. The number of nitrogens with zero attached hydrogens (tertiary/aromatic N) is 2. The lowest BCUT2D eigenvalue weighted by Gasteiger charge is -2.17. The van der Waals surface area contributed by atoms with Crippen LogP contribution in [0.15, 0.2) is 16.3 Å². The van der Waals surface area contributed by atoms with Crippen LogP contribution in [0.3, 0.4) is 0 Å². The van der Waals surface area contributed by atoms with Gasteiger partial charge in [-0.3, -0.25) is 14.6 Å². The van der Waals surface area contributed by atoms with Crippen molar-refractivity contribution in [2.75, 3.05) is 33.7 Å². The first-order valence-corrected chi connectivity index (χ1v) is 9.49. The molecule has 0 aromatic rings. The fourth-order valence-corrected chi connectivity index (χ4v) is 3.04. The molecule has 2 N–H and O–H groups in total. The van der Waals surface area contributed by atoms with Gasteiger partial charge in [0.15, 0.2) is 0 Å². The zero-order chi connectivity index (χ0) is 18.2. The Morgan fingerprint density at radius 2 is 2.08 bits per heavy atom.